The van der Waals surface area contributed by atoms with E-state index >= 15 is 0 Å². The molecule has 4 aliphatic rings. The number of rotatable bonds is 2. The molecule has 4 heterocycles. The van der Waals surface area contributed by atoms with E-state index in [0.29, 0.717) is 0 Å². The van der Waals surface area contributed by atoms with Crippen molar-refractivity contribution in [3.63, 3.8) is 0 Å². The monoisotopic (exact) mass is 528 g/mol. The Hall–Kier alpha value is 1.48. The van der Waals surface area contributed by atoms with Crippen molar-refractivity contribution >= 4 is 112 Å². The van der Waals surface area contributed by atoms with Crippen LogP contribution in [0.2, 0.25) is 0 Å². The first kappa shape index (κ1) is 24.1. The van der Waals surface area contributed by atoms with E-state index in [2.05, 4.69) is 20.4 Å². The van der Waals surface area contributed by atoms with Gasteiger partial charge in [-0.25, -0.2) is 0 Å². The number of hydrogen-bond acceptors (Lipinski definition) is 12. The molecule has 0 aromatic carbocycles. The molecule has 4 fully saturated rings. The molecular weight excluding hydrogens is 505 g/mol. The maximum atomic E-state index is 4.30. The summed E-state index contributed by atoms with van der Waals surface area (Å²) in [5.74, 6) is 9.64. The molecule has 156 valence electrons. The van der Waals surface area contributed by atoms with Crippen LogP contribution < -0.4 is 0 Å². The van der Waals surface area contributed by atoms with Crippen molar-refractivity contribution in [3.8, 4) is 0 Å². The minimum Gasteiger partial charge on any atom is -0.135 e. The van der Waals surface area contributed by atoms with Crippen LogP contribution in [0.5, 0.6) is 0 Å². The molecule has 0 bridgehead atoms. The van der Waals surface area contributed by atoms with E-state index < -0.39 is 0 Å². The number of nitrogens with zero attached hydrogens (tertiary/aromatic N) is 4. The van der Waals surface area contributed by atoms with E-state index in [1.54, 1.807) is 0 Å². The van der Waals surface area contributed by atoms with Gasteiger partial charge in [0.25, 0.3) is 0 Å². The highest BCUT2D eigenvalue weighted by atomic mass is 32.2. The quantitative estimate of drug-likeness (QED) is 0.367. The minimum absolute atomic E-state index is 1.15. The van der Waals surface area contributed by atoms with Crippen LogP contribution >= 0.6 is 94.1 Å². The zero-order valence-electron chi connectivity index (χ0n) is 15.5. The summed E-state index contributed by atoms with van der Waals surface area (Å²) in [5, 5.41) is 17.2. The van der Waals surface area contributed by atoms with E-state index in [1.165, 1.54) is 71.7 Å². The molecule has 0 unspecified atom stereocenters. The first-order valence-corrected chi connectivity index (χ1v) is 17.1. The normalized spacial score (nSPS) is 23.4. The van der Waals surface area contributed by atoms with Gasteiger partial charge < -0.3 is 0 Å². The maximum Gasteiger partial charge on any atom is 0.152 e. The Bertz CT molecular complexity index is 471. The van der Waals surface area contributed by atoms with E-state index in [1.807, 2.05) is 94.1 Å². The van der Waals surface area contributed by atoms with Gasteiger partial charge in [0.15, 0.2) is 17.5 Å². The molecule has 0 N–H and O–H groups in total. The third kappa shape index (κ3) is 10.2. The zero-order chi connectivity index (χ0) is 19.3. The lowest BCUT2D eigenvalue weighted by molar-refractivity contribution is 1.12. The van der Waals surface area contributed by atoms with Crippen molar-refractivity contribution in [2.45, 2.75) is 25.7 Å². The van der Waals surface area contributed by atoms with Crippen LogP contribution in [0.1, 0.15) is 25.7 Å². The second-order valence-corrected chi connectivity index (χ2v) is 15.4. The fourth-order valence-electron chi connectivity index (χ4n) is 2.07. The van der Waals surface area contributed by atoms with Crippen molar-refractivity contribution in [2.24, 2.45) is 20.4 Å². The lowest BCUT2D eigenvalue weighted by Crippen LogP contribution is -2.01. The maximum absolute atomic E-state index is 4.30. The lowest BCUT2D eigenvalue weighted by Gasteiger charge is -2.11. The second-order valence-electron chi connectivity index (χ2n) is 5.67. The standard InChI is InChI=1S/2C8H12N2S4/c2*1-3-11-7(12-4-1)9-10-8-13-5-2-6-14-8/h2*1-6H2. The molecule has 0 aliphatic carbocycles. The van der Waals surface area contributed by atoms with Crippen molar-refractivity contribution < 1.29 is 0 Å². The average Bonchev–Trinajstić information content (AvgIpc) is 2.80. The molecule has 4 rings (SSSR count). The van der Waals surface area contributed by atoms with Crippen LogP contribution in [0.15, 0.2) is 20.4 Å². The number of hydrogen-bond donors (Lipinski definition) is 0. The Labute approximate surface area is 202 Å². The Balaban J connectivity index is 0.000000161. The van der Waals surface area contributed by atoms with Crippen molar-refractivity contribution in [1.29, 1.82) is 0 Å². The predicted molar refractivity (Wildman–Crippen MR) is 148 cm³/mol. The van der Waals surface area contributed by atoms with Crippen molar-refractivity contribution in [2.75, 3.05) is 46.0 Å². The van der Waals surface area contributed by atoms with Crippen LogP contribution in [0.3, 0.4) is 0 Å². The fourth-order valence-corrected chi connectivity index (χ4v) is 10.6. The number of thioether (sulfide) groups is 8. The van der Waals surface area contributed by atoms with Gasteiger partial charge in [-0.05, 0) is 25.7 Å². The summed E-state index contributed by atoms with van der Waals surface area (Å²) in [4.78, 5) is 0. The molecule has 28 heavy (non-hydrogen) atoms. The molecular formula is C16H24N4S8. The van der Waals surface area contributed by atoms with Gasteiger partial charge in [-0.3, -0.25) is 0 Å². The first-order valence-electron chi connectivity index (χ1n) is 9.24. The summed E-state index contributed by atoms with van der Waals surface area (Å²) in [6.45, 7) is 0. The van der Waals surface area contributed by atoms with Gasteiger partial charge >= 0.3 is 0 Å². The third-order valence-corrected chi connectivity index (χ3v) is 12.8. The van der Waals surface area contributed by atoms with Crippen molar-refractivity contribution in [1.82, 2.24) is 0 Å². The Morgan fingerprint density at radius 1 is 0.321 bits per heavy atom. The highest BCUT2D eigenvalue weighted by Crippen LogP contribution is 2.29. The van der Waals surface area contributed by atoms with Gasteiger partial charge in [0.05, 0.1) is 0 Å². The third-order valence-electron chi connectivity index (χ3n) is 3.39. The molecule has 0 spiro atoms. The van der Waals surface area contributed by atoms with Gasteiger partial charge in [-0.15, -0.1) is 20.4 Å². The lowest BCUT2D eigenvalue weighted by atomic mass is 10.6. The van der Waals surface area contributed by atoms with Crippen LogP contribution in [0.4, 0.5) is 0 Å². The van der Waals surface area contributed by atoms with Crippen LogP contribution in [0.25, 0.3) is 0 Å². The van der Waals surface area contributed by atoms with Crippen LogP contribution in [-0.4, -0.2) is 63.5 Å². The highest BCUT2D eigenvalue weighted by Gasteiger charge is 2.11. The fraction of sp³-hybridized carbons (Fsp3) is 0.750. The second kappa shape index (κ2) is 15.3. The predicted octanol–water partition coefficient (Wildman–Crippen LogP) is 6.71. The van der Waals surface area contributed by atoms with Gasteiger partial charge in [0.2, 0.25) is 0 Å². The Morgan fingerprint density at radius 3 is 0.679 bits per heavy atom. The first-order chi connectivity index (χ1) is 13.9. The minimum atomic E-state index is 1.15. The highest BCUT2D eigenvalue weighted by molar-refractivity contribution is 8.40. The van der Waals surface area contributed by atoms with Gasteiger partial charge in [0.1, 0.15) is 0 Å². The topological polar surface area (TPSA) is 49.4 Å². The molecule has 0 saturated carbocycles. The molecule has 4 nitrogen and oxygen atoms in total. The van der Waals surface area contributed by atoms with Crippen LogP contribution in [0, 0.1) is 0 Å². The van der Waals surface area contributed by atoms with Gasteiger partial charge in [0, 0.05) is 46.0 Å². The summed E-state index contributed by atoms with van der Waals surface area (Å²) in [6, 6.07) is 0. The van der Waals surface area contributed by atoms with E-state index in [9.17, 15) is 0 Å². The van der Waals surface area contributed by atoms with Gasteiger partial charge in [-0.2, -0.15) is 0 Å². The largest absolute Gasteiger partial charge is 0.152 e. The van der Waals surface area contributed by atoms with Crippen LogP contribution in [-0.2, 0) is 0 Å². The van der Waals surface area contributed by atoms with Gasteiger partial charge in [-0.1, -0.05) is 94.1 Å². The molecule has 4 saturated heterocycles. The summed E-state index contributed by atoms with van der Waals surface area (Å²) < 4.78 is 4.59. The average molecular weight is 529 g/mol. The molecule has 0 amide bonds. The van der Waals surface area contributed by atoms with E-state index in [0.717, 1.165) is 17.5 Å². The SMILES string of the molecule is C1CSC(=NN=C2SCCCS2)SC1.C1CSC(=NN=C2SCCCS2)SC1. The molecule has 0 radical (unpaired) electrons. The molecule has 12 heteroatoms. The zero-order valence-corrected chi connectivity index (χ0v) is 22.1. The summed E-state index contributed by atoms with van der Waals surface area (Å²) in [7, 11) is 0. The Kier molecular flexibility index (Phi) is 13.2. The Morgan fingerprint density at radius 2 is 0.500 bits per heavy atom. The van der Waals surface area contributed by atoms with E-state index in [4.69, 9.17) is 0 Å². The van der Waals surface area contributed by atoms with Crippen molar-refractivity contribution in [3.05, 3.63) is 0 Å². The molecule has 0 aromatic rings. The smallest absolute Gasteiger partial charge is 0.135 e. The molecule has 4 aliphatic heterocycles. The molecule has 0 atom stereocenters. The summed E-state index contributed by atoms with van der Waals surface area (Å²) in [5.41, 5.74) is 0. The molecule has 0 aromatic heterocycles. The summed E-state index contributed by atoms with van der Waals surface area (Å²) >= 11 is 14.7. The van der Waals surface area contributed by atoms with E-state index in [-0.39, 0.29) is 0 Å². The summed E-state index contributed by atoms with van der Waals surface area (Å²) in [6.07, 6.45) is 5.20.